The number of benzene rings is 1. The summed E-state index contributed by atoms with van der Waals surface area (Å²) in [5, 5.41) is 12.9. The Morgan fingerprint density at radius 3 is 2.70 bits per heavy atom. The fourth-order valence-corrected chi connectivity index (χ4v) is 1.59. The van der Waals surface area contributed by atoms with E-state index in [2.05, 4.69) is 11.2 Å². The van der Waals surface area contributed by atoms with E-state index in [1.165, 1.54) is 0 Å². The average Bonchev–Trinajstić information content (AvgIpc) is 2.39. The van der Waals surface area contributed by atoms with E-state index < -0.39 is 39.8 Å². The Balaban J connectivity index is 3.11. The van der Waals surface area contributed by atoms with Gasteiger partial charge in [-0.05, 0) is 12.5 Å². The number of nitro groups is 1. The number of hydrogen-bond donors (Lipinski definition) is 1. The number of nitro benzene ring substituents is 1. The molecule has 0 saturated heterocycles. The molecule has 0 aromatic heterocycles. The number of hydrogen-bond acceptors (Lipinski definition) is 3. The Bertz CT molecular complexity index is 582. The van der Waals surface area contributed by atoms with Gasteiger partial charge in [0.2, 0.25) is 5.82 Å². The largest absolute Gasteiger partial charge is 0.338 e. The second-order valence-corrected chi connectivity index (χ2v) is 4.02. The van der Waals surface area contributed by atoms with Crippen LogP contribution in [0.1, 0.15) is 30.1 Å². The van der Waals surface area contributed by atoms with Crippen molar-refractivity contribution in [2.24, 2.45) is 0 Å². The SMILES string of the molecule is C#CC(CCC)NC(=O)c1cc(F)cc([N+](=O)[O-])c1F. The van der Waals surface area contributed by atoms with Crippen LogP contribution >= 0.6 is 0 Å². The highest BCUT2D eigenvalue weighted by atomic mass is 19.1. The molecule has 0 fully saturated rings. The van der Waals surface area contributed by atoms with Crippen LogP contribution in [0.5, 0.6) is 0 Å². The van der Waals surface area contributed by atoms with Gasteiger partial charge in [-0.25, -0.2) is 4.39 Å². The maximum atomic E-state index is 13.8. The van der Waals surface area contributed by atoms with E-state index in [9.17, 15) is 23.7 Å². The van der Waals surface area contributed by atoms with E-state index in [1.807, 2.05) is 6.92 Å². The first kappa shape index (κ1) is 15.6. The number of nitrogens with zero attached hydrogens (tertiary/aromatic N) is 1. The highest BCUT2D eigenvalue weighted by Gasteiger charge is 2.25. The van der Waals surface area contributed by atoms with Crippen LogP contribution in [0.25, 0.3) is 0 Å². The summed E-state index contributed by atoms with van der Waals surface area (Å²) in [6.45, 7) is 1.84. The van der Waals surface area contributed by atoms with Gasteiger partial charge < -0.3 is 5.32 Å². The Morgan fingerprint density at radius 2 is 2.20 bits per heavy atom. The van der Waals surface area contributed by atoms with Crippen molar-refractivity contribution in [3.8, 4) is 12.3 Å². The maximum absolute atomic E-state index is 13.8. The van der Waals surface area contributed by atoms with Crippen LogP contribution in [0.4, 0.5) is 14.5 Å². The molecule has 1 aromatic rings. The molecule has 106 valence electrons. The van der Waals surface area contributed by atoms with E-state index in [-0.39, 0.29) is 0 Å². The van der Waals surface area contributed by atoms with E-state index >= 15 is 0 Å². The lowest BCUT2D eigenvalue weighted by Crippen LogP contribution is -2.34. The van der Waals surface area contributed by atoms with Crippen LogP contribution < -0.4 is 5.32 Å². The lowest BCUT2D eigenvalue weighted by Gasteiger charge is -2.12. The average molecular weight is 282 g/mol. The minimum Gasteiger partial charge on any atom is -0.338 e. The summed E-state index contributed by atoms with van der Waals surface area (Å²) >= 11 is 0. The van der Waals surface area contributed by atoms with E-state index in [1.54, 1.807) is 0 Å². The molecule has 0 aliphatic carbocycles. The minimum absolute atomic E-state index is 0.414. The summed E-state index contributed by atoms with van der Waals surface area (Å²) in [6, 6.07) is 0.364. The predicted octanol–water partition coefficient (Wildman–Crippen LogP) is 2.40. The third-order valence-electron chi connectivity index (χ3n) is 2.54. The van der Waals surface area contributed by atoms with Crippen molar-refractivity contribution in [1.82, 2.24) is 5.32 Å². The Hall–Kier alpha value is -2.49. The maximum Gasteiger partial charge on any atom is 0.308 e. The molecule has 0 bridgehead atoms. The zero-order valence-corrected chi connectivity index (χ0v) is 10.7. The molecule has 5 nitrogen and oxygen atoms in total. The van der Waals surface area contributed by atoms with Gasteiger partial charge in [0, 0.05) is 0 Å². The van der Waals surface area contributed by atoms with Crippen molar-refractivity contribution in [2.75, 3.05) is 0 Å². The molecule has 1 amide bonds. The zero-order valence-electron chi connectivity index (χ0n) is 10.7. The van der Waals surface area contributed by atoms with Crippen molar-refractivity contribution in [1.29, 1.82) is 0 Å². The molecule has 0 radical (unpaired) electrons. The lowest BCUT2D eigenvalue weighted by atomic mass is 10.1. The monoisotopic (exact) mass is 282 g/mol. The molecule has 7 heteroatoms. The number of amides is 1. The van der Waals surface area contributed by atoms with Crippen molar-refractivity contribution in [2.45, 2.75) is 25.8 Å². The van der Waals surface area contributed by atoms with Crippen molar-refractivity contribution >= 4 is 11.6 Å². The number of carbonyl (C=O) groups excluding carboxylic acids is 1. The lowest BCUT2D eigenvalue weighted by molar-refractivity contribution is -0.387. The summed E-state index contributed by atoms with van der Waals surface area (Å²) in [6.07, 6.45) is 6.33. The topological polar surface area (TPSA) is 72.2 Å². The molecular formula is C13H12F2N2O3. The second kappa shape index (κ2) is 6.61. The highest BCUT2D eigenvalue weighted by Crippen LogP contribution is 2.22. The first-order chi connectivity index (χ1) is 9.40. The third-order valence-corrected chi connectivity index (χ3v) is 2.54. The smallest absolute Gasteiger partial charge is 0.308 e. The van der Waals surface area contributed by atoms with Crippen LogP contribution in [-0.2, 0) is 0 Å². The molecule has 1 unspecified atom stereocenters. The normalized spacial score (nSPS) is 11.5. The number of nitrogens with one attached hydrogen (secondary N) is 1. The molecule has 20 heavy (non-hydrogen) atoms. The van der Waals surface area contributed by atoms with Gasteiger partial charge in [-0.1, -0.05) is 19.3 Å². The van der Waals surface area contributed by atoms with Crippen LogP contribution in [-0.4, -0.2) is 16.9 Å². The predicted molar refractivity (Wildman–Crippen MR) is 68.0 cm³/mol. The van der Waals surface area contributed by atoms with Gasteiger partial charge in [0.15, 0.2) is 0 Å². The van der Waals surface area contributed by atoms with E-state index in [0.29, 0.717) is 25.0 Å². The third kappa shape index (κ3) is 3.51. The van der Waals surface area contributed by atoms with Gasteiger partial charge in [0.25, 0.3) is 5.91 Å². The van der Waals surface area contributed by atoms with Crippen molar-refractivity contribution in [3.63, 3.8) is 0 Å². The quantitative estimate of drug-likeness (QED) is 0.512. The van der Waals surface area contributed by atoms with Crippen LogP contribution in [0.15, 0.2) is 12.1 Å². The van der Waals surface area contributed by atoms with Crippen molar-refractivity contribution in [3.05, 3.63) is 39.4 Å². The van der Waals surface area contributed by atoms with Crippen LogP contribution in [0.2, 0.25) is 0 Å². The fourth-order valence-electron chi connectivity index (χ4n) is 1.59. The number of halogens is 2. The van der Waals surface area contributed by atoms with Gasteiger partial charge in [-0.3, -0.25) is 14.9 Å². The van der Waals surface area contributed by atoms with E-state index in [4.69, 9.17) is 6.42 Å². The fraction of sp³-hybridized carbons (Fsp3) is 0.308. The summed E-state index contributed by atoms with van der Waals surface area (Å²) in [7, 11) is 0. The number of rotatable bonds is 5. The van der Waals surface area contributed by atoms with Gasteiger partial charge in [-0.15, -0.1) is 6.42 Å². The minimum atomic E-state index is -1.39. The summed E-state index contributed by atoms with van der Waals surface area (Å²) in [5.41, 5.74) is -1.84. The molecule has 1 N–H and O–H groups in total. The summed E-state index contributed by atoms with van der Waals surface area (Å²) < 4.78 is 27.0. The molecule has 0 aliphatic rings. The van der Waals surface area contributed by atoms with Gasteiger partial charge in [-0.2, -0.15) is 4.39 Å². The summed E-state index contributed by atoms with van der Waals surface area (Å²) in [5.74, 6) is -1.15. The van der Waals surface area contributed by atoms with E-state index in [0.717, 1.165) is 0 Å². The zero-order chi connectivity index (χ0) is 15.3. The highest BCUT2D eigenvalue weighted by molar-refractivity contribution is 5.95. The Morgan fingerprint density at radius 1 is 1.55 bits per heavy atom. The summed E-state index contributed by atoms with van der Waals surface area (Å²) in [4.78, 5) is 21.3. The van der Waals surface area contributed by atoms with Crippen LogP contribution in [0, 0.1) is 34.1 Å². The van der Waals surface area contributed by atoms with Gasteiger partial charge in [0.05, 0.1) is 22.6 Å². The van der Waals surface area contributed by atoms with Crippen molar-refractivity contribution < 1.29 is 18.5 Å². The molecule has 0 spiro atoms. The first-order valence-electron chi connectivity index (χ1n) is 5.81. The molecular weight excluding hydrogens is 270 g/mol. The number of terminal acetylenes is 1. The molecule has 0 heterocycles. The van der Waals surface area contributed by atoms with Gasteiger partial charge in [0.1, 0.15) is 5.82 Å². The molecule has 1 atom stereocenters. The second-order valence-electron chi connectivity index (χ2n) is 4.02. The molecule has 0 aliphatic heterocycles. The standard InChI is InChI=1S/C13H12F2N2O3/c1-3-5-9(4-2)16-13(18)10-6-8(14)7-11(12(10)15)17(19)20/h2,6-7,9H,3,5H2,1H3,(H,16,18). The molecule has 1 aromatic carbocycles. The Kier molecular flexibility index (Phi) is 5.15. The Labute approximate surface area is 114 Å². The molecule has 1 rings (SSSR count). The van der Waals surface area contributed by atoms with Gasteiger partial charge >= 0.3 is 5.69 Å². The van der Waals surface area contributed by atoms with Crippen LogP contribution in [0.3, 0.4) is 0 Å². The first-order valence-corrected chi connectivity index (χ1v) is 5.81. The number of carbonyl (C=O) groups is 1. The molecule has 0 saturated carbocycles.